The van der Waals surface area contributed by atoms with Gasteiger partial charge < -0.3 is 4.55 Å². The van der Waals surface area contributed by atoms with E-state index in [-0.39, 0.29) is 0 Å². The maximum absolute atomic E-state index is 12.9. The molecule has 1 aromatic carbocycles. The first-order valence-electron chi connectivity index (χ1n) is 6.50. The van der Waals surface area contributed by atoms with Gasteiger partial charge in [-0.1, -0.05) is 17.7 Å². The second-order valence-corrected chi connectivity index (χ2v) is 6.33. The van der Waals surface area contributed by atoms with Crippen LogP contribution in [0.4, 0.5) is 0 Å². The lowest BCUT2D eigenvalue weighted by Gasteiger charge is -2.16. The van der Waals surface area contributed by atoms with Crippen LogP contribution in [0, 0.1) is 20.8 Å². The van der Waals surface area contributed by atoms with Crippen LogP contribution in [0.15, 0.2) is 47.6 Å². The van der Waals surface area contributed by atoms with Gasteiger partial charge in [0, 0.05) is 17.3 Å². The number of benzene rings is 1. The Morgan fingerprint density at radius 2 is 1.80 bits per heavy atom. The van der Waals surface area contributed by atoms with Crippen molar-refractivity contribution < 1.29 is 4.55 Å². The largest absolute Gasteiger partial charge is 0.587 e. The quantitative estimate of drug-likeness (QED) is 0.675. The topological polar surface area (TPSA) is 40.9 Å². The summed E-state index contributed by atoms with van der Waals surface area (Å²) >= 11 is -1.25. The predicted octanol–water partition coefficient (Wildman–Crippen LogP) is 3.53. The Morgan fingerprint density at radius 1 is 1.10 bits per heavy atom. The van der Waals surface area contributed by atoms with Gasteiger partial charge in [-0.3, -0.25) is 4.98 Å². The first-order valence-corrected chi connectivity index (χ1v) is 7.61. The van der Waals surface area contributed by atoms with Crippen molar-refractivity contribution in [1.82, 2.24) is 8.96 Å². The highest BCUT2D eigenvalue weighted by atomic mass is 32.2. The van der Waals surface area contributed by atoms with Crippen LogP contribution in [0.5, 0.6) is 0 Å². The number of rotatable bonds is 2. The summed E-state index contributed by atoms with van der Waals surface area (Å²) in [5.74, 6) is 0. The molecule has 3 rings (SSSR count). The third-order valence-corrected chi connectivity index (χ3v) is 5.05. The minimum Gasteiger partial charge on any atom is -0.587 e. The lowest BCUT2D eigenvalue weighted by molar-refractivity contribution is 0.586. The van der Waals surface area contributed by atoms with E-state index in [0.717, 1.165) is 27.1 Å². The summed E-state index contributed by atoms with van der Waals surface area (Å²) in [5, 5.41) is 0. The van der Waals surface area contributed by atoms with E-state index in [4.69, 9.17) is 0 Å². The Hall–Kier alpha value is -1.78. The molecule has 0 spiro atoms. The van der Waals surface area contributed by atoms with Crippen LogP contribution in [0.3, 0.4) is 0 Å². The first kappa shape index (κ1) is 13.2. The normalized spacial score (nSPS) is 12.8. The fourth-order valence-electron chi connectivity index (χ4n) is 2.63. The van der Waals surface area contributed by atoms with E-state index in [1.54, 1.807) is 10.2 Å². The minimum absolute atomic E-state index is 0.864. The van der Waals surface area contributed by atoms with Crippen molar-refractivity contribution in [2.45, 2.75) is 25.7 Å². The average molecular weight is 284 g/mol. The maximum Gasteiger partial charge on any atom is 0.186 e. The fraction of sp³-hybridized carbons (Fsp3) is 0.188. The molecule has 2 aromatic heterocycles. The maximum atomic E-state index is 12.9. The van der Waals surface area contributed by atoms with Crippen molar-refractivity contribution in [1.29, 1.82) is 0 Å². The number of hydrogen-bond donors (Lipinski definition) is 0. The SMILES string of the molecule is Cc1cc(C)c([S+]([O-])n2ccc3ncccc32)c(C)c1. The zero-order valence-electron chi connectivity index (χ0n) is 11.8. The highest BCUT2D eigenvalue weighted by Crippen LogP contribution is 2.26. The van der Waals surface area contributed by atoms with Crippen LogP contribution in [-0.4, -0.2) is 13.5 Å². The lowest BCUT2D eigenvalue weighted by Crippen LogP contribution is -2.15. The summed E-state index contributed by atoms with van der Waals surface area (Å²) in [5.41, 5.74) is 5.08. The van der Waals surface area contributed by atoms with E-state index in [0.29, 0.717) is 0 Å². The molecule has 1 atom stereocenters. The Balaban J connectivity index is 2.16. The molecular weight excluding hydrogens is 268 g/mol. The zero-order chi connectivity index (χ0) is 14.3. The molecule has 1 unspecified atom stereocenters. The van der Waals surface area contributed by atoms with Crippen molar-refractivity contribution in [3.8, 4) is 0 Å². The summed E-state index contributed by atoms with van der Waals surface area (Å²) < 4.78 is 14.7. The Morgan fingerprint density at radius 3 is 2.50 bits per heavy atom. The van der Waals surface area contributed by atoms with Gasteiger partial charge in [-0.05, 0) is 39.0 Å². The van der Waals surface area contributed by atoms with E-state index in [1.807, 2.05) is 38.2 Å². The van der Waals surface area contributed by atoms with Gasteiger partial charge in [-0.15, -0.1) is 0 Å². The monoisotopic (exact) mass is 284 g/mol. The van der Waals surface area contributed by atoms with Crippen molar-refractivity contribution >= 4 is 22.4 Å². The molecule has 0 aliphatic rings. The number of hydrogen-bond acceptors (Lipinski definition) is 2. The average Bonchev–Trinajstić information content (AvgIpc) is 2.81. The molecule has 0 fully saturated rings. The third-order valence-electron chi connectivity index (χ3n) is 3.38. The molecule has 20 heavy (non-hydrogen) atoms. The van der Waals surface area contributed by atoms with Gasteiger partial charge in [0.05, 0.1) is 11.7 Å². The van der Waals surface area contributed by atoms with Crippen molar-refractivity contribution in [3.63, 3.8) is 0 Å². The molecule has 0 saturated carbocycles. The summed E-state index contributed by atoms with van der Waals surface area (Å²) in [6.07, 6.45) is 3.59. The minimum atomic E-state index is -1.25. The molecule has 4 heteroatoms. The van der Waals surface area contributed by atoms with Crippen LogP contribution < -0.4 is 0 Å². The summed E-state index contributed by atoms with van der Waals surface area (Å²) in [6.45, 7) is 6.08. The lowest BCUT2D eigenvalue weighted by atomic mass is 10.1. The van der Waals surface area contributed by atoms with Gasteiger partial charge in [-0.25, -0.2) is 0 Å². The van der Waals surface area contributed by atoms with Crippen molar-refractivity contribution in [3.05, 3.63) is 59.4 Å². The molecule has 102 valence electrons. The summed E-state index contributed by atoms with van der Waals surface area (Å²) in [4.78, 5) is 5.17. The molecule has 0 aliphatic heterocycles. The summed E-state index contributed by atoms with van der Waals surface area (Å²) in [6, 6.07) is 9.85. The molecule has 0 bridgehead atoms. The summed E-state index contributed by atoms with van der Waals surface area (Å²) in [7, 11) is 0. The fourth-order valence-corrected chi connectivity index (χ4v) is 4.00. The predicted molar refractivity (Wildman–Crippen MR) is 82.2 cm³/mol. The molecule has 3 aromatic rings. The van der Waals surface area contributed by atoms with Gasteiger partial charge >= 0.3 is 0 Å². The second-order valence-electron chi connectivity index (χ2n) is 5.03. The van der Waals surface area contributed by atoms with Crippen LogP contribution in [0.25, 0.3) is 11.0 Å². The van der Waals surface area contributed by atoms with Crippen molar-refractivity contribution in [2.24, 2.45) is 0 Å². The molecule has 0 saturated heterocycles. The van der Waals surface area contributed by atoms with E-state index in [9.17, 15) is 4.55 Å². The number of fused-ring (bicyclic) bond motifs is 1. The molecule has 0 aliphatic carbocycles. The number of aryl methyl sites for hydroxylation is 3. The van der Waals surface area contributed by atoms with Gasteiger partial charge in [0.25, 0.3) is 0 Å². The van der Waals surface area contributed by atoms with Gasteiger partial charge in [0.2, 0.25) is 0 Å². The highest BCUT2D eigenvalue weighted by molar-refractivity contribution is 7.90. The van der Waals surface area contributed by atoms with E-state index >= 15 is 0 Å². The smallest absolute Gasteiger partial charge is 0.186 e. The van der Waals surface area contributed by atoms with Crippen LogP contribution in [0.1, 0.15) is 16.7 Å². The van der Waals surface area contributed by atoms with E-state index < -0.39 is 11.4 Å². The van der Waals surface area contributed by atoms with Crippen LogP contribution in [0.2, 0.25) is 0 Å². The van der Waals surface area contributed by atoms with Gasteiger partial charge in [-0.2, -0.15) is 3.97 Å². The van der Waals surface area contributed by atoms with Gasteiger partial charge in [0.15, 0.2) is 4.90 Å². The Kier molecular flexibility index (Phi) is 3.28. The first-order chi connectivity index (χ1) is 9.58. The van der Waals surface area contributed by atoms with E-state index in [1.165, 1.54) is 5.56 Å². The molecule has 0 amide bonds. The Bertz CT molecular complexity index is 756. The number of pyridine rings is 1. The molecular formula is C16H16N2OS. The third kappa shape index (κ3) is 2.11. The zero-order valence-corrected chi connectivity index (χ0v) is 12.6. The number of nitrogens with zero attached hydrogens (tertiary/aromatic N) is 2. The second kappa shape index (κ2) is 4.96. The van der Waals surface area contributed by atoms with Crippen molar-refractivity contribution in [2.75, 3.05) is 0 Å². The van der Waals surface area contributed by atoms with Crippen LogP contribution >= 0.6 is 0 Å². The Labute approximate surface area is 121 Å². The molecule has 3 nitrogen and oxygen atoms in total. The van der Waals surface area contributed by atoms with E-state index in [2.05, 4.69) is 24.0 Å². The molecule has 2 heterocycles. The molecule has 0 N–H and O–H groups in total. The highest BCUT2D eigenvalue weighted by Gasteiger charge is 2.22. The standard InChI is InChI=1S/C16H16N2OS/c1-11-9-12(2)16(13(3)10-11)20(19)18-8-6-14-15(18)5-4-7-17-14/h4-10H,1-3H3. The van der Waals surface area contributed by atoms with Crippen LogP contribution in [-0.2, 0) is 11.4 Å². The molecule has 0 radical (unpaired) electrons. The van der Waals surface area contributed by atoms with Gasteiger partial charge in [0.1, 0.15) is 16.9 Å². The number of aromatic nitrogens is 2.